The quantitative estimate of drug-likeness (QED) is 0.595. The van der Waals surface area contributed by atoms with Gasteiger partial charge >= 0.3 is 5.97 Å². The van der Waals surface area contributed by atoms with Crippen LogP contribution in [0.1, 0.15) is 32.6 Å². The summed E-state index contributed by atoms with van der Waals surface area (Å²) >= 11 is 0. The van der Waals surface area contributed by atoms with Crippen molar-refractivity contribution in [3.8, 4) is 0 Å². The minimum atomic E-state index is -1.41. The molecule has 1 radical (unpaired) electrons. The molecule has 3 nitrogen and oxygen atoms in total. The highest BCUT2D eigenvalue weighted by Gasteiger charge is 2.13. The summed E-state index contributed by atoms with van der Waals surface area (Å²) in [5.74, 6) is -1.23. The van der Waals surface area contributed by atoms with Crippen molar-refractivity contribution in [2.24, 2.45) is 0 Å². The Morgan fingerprint density at radius 1 is 1.50 bits per heavy atom. The highest BCUT2D eigenvalue weighted by Crippen LogP contribution is 2.03. The van der Waals surface area contributed by atoms with Crippen LogP contribution in [0.3, 0.4) is 0 Å². The van der Waals surface area contributed by atoms with Crippen molar-refractivity contribution in [2.75, 3.05) is 0 Å². The van der Waals surface area contributed by atoms with E-state index in [4.69, 9.17) is 5.11 Å². The van der Waals surface area contributed by atoms with Crippen LogP contribution in [-0.4, -0.2) is 17.2 Å². The maximum absolute atomic E-state index is 10.5. The molecule has 0 aromatic heterocycles. The lowest BCUT2D eigenvalue weighted by Gasteiger charge is -2.00. The predicted octanol–water partition coefficient (Wildman–Crippen LogP) is 1.45. The average Bonchev–Trinajstić information content (AvgIpc) is 1.88. The fourth-order valence-electron chi connectivity index (χ4n) is 0.703. The molecule has 0 amide bonds. The Hall–Kier alpha value is -0.570. The summed E-state index contributed by atoms with van der Waals surface area (Å²) in [7, 11) is 0. The smallest absolute Gasteiger partial charge is 0.336 e. The molecule has 0 aliphatic carbocycles. The van der Waals surface area contributed by atoms with E-state index in [1.54, 1.807) is 0 Å². The van der Waals surface area contributed by atoms with Gasteiger partial charge in [-0.05, 0) is 6.42 Å². The van der Waals surface area contributed by atoms with E-state index in [0.29, 0.717) is 0 Å². The molecule has 0 heterocycles. The topological polar surface area (TPSA) is 57.2 Å². The maximum Gasteiger partial charge on any atom is 0.336 e. The van der Waals surface area contributed by atoms with E-state index >= 15 is 0 Å². The zero-order valence-electron chi connectivity index (χ0n) is 6.17. The van der Waals surface area contributed by atoms with E-state index < -0.39 is 12.1 Å². The number of aliphatic carboxylic acids is 1. The SMILES string of the molecule is CCCCCC([O])C(=O)O. The van der Waals surface area contributed by atoms with Gasteiger partial charge in [0.1, 0.15) is 0 Å². The molecule has 3 heteroatoms. The van der Waals surface area contributed by atoms with Gasteiger partial charge in [0, 0.05) is 0 Å². The lowest BCUT2D eigenvalue weighted by atomic mass is 10.1. The zero-order valence-corrected chi connectivity index (χ0v) is 6.17. The van der Waals surface area contributed by atoms with Crippen LogP contribution in [0, 0.1) is 0 Å². The first kappa shape index (κ1) is 9.43. The maximum atomic E-state index is 10.5. The molecular formula is C7H13O3. The zero-order chi connectivity index (χ0) is 7.98. The van der Waals surface area contributed by atoms with Crippen LogP contribution in [0.5, 0.6) is 0 Å². The number of carbonyl (C=O) groups is 1. The van der Waals surface area contributed by atoms with E-state index in [9.17, 15) is 9.90 Å². The van der Waals surface area contributed by atoms with Crippen molar-refractivity contribution in [1.29, 1.82) is 0 Å². The molecule has 1 atom stereocenters. The molecule has 59 valence electrons. The molecule has 1 N–H and O–H groups in total. The third kappa shape index (κ3) is 4.32. The van der Waals surface area contributed by atoms with Gasteiger partial charge < -0.3 is 5.11 Å². The van der Waals surface area contributed by atoms with Gasteiger partial charge in [0.05, 0.1) is 0 Å². The van der Waals surface area contributed by atoms with Gasteiger partial charge in [0.2, 0.25) is 0 Å². The number of carboxylic acid groups (broad SMARTS) is 1. The summed E-state index contributed by atoms with van der Waals surface area (Å²) in [6.07, 6.45) is 1.56. The Morgan fingerprint density at radius 3 is 2.50 bits per heavy atom. The molecule has 0 aliphatic rings. The molecule has 0 spiro atoms. The third-order valence-electron chi connectivity index (χ3n) is 1.35. The van der Waals surface area contributed by atoms with Crippen LogP contribution in [0.15, 0.2) is 0 Å². The first-order valence-electron chi connectivity index (χ1n) is 3.57. The van der Waals surface area contributed by atoms with E-state index in [0.717, 1.165) is 19.3 Å². The molecule has 0 bridgehead atoms. The van der Waals surface area contributed by atoms with Crippen molar-refractivity contribution in [2.45, 2.75) is 38.7 Å². The van der Waals surface area contributed by atoms with E-state index in [1.807, 2.05) is 6.92 Å². The second-order valence-electron chi connectivity index (χ2n) is 2.32. The number of rotatable bonds is 5. The lowest BCUT2D eigenvalue weighted by Crippen LogP contribution is -2.17. The van der Waals surface area contributed by atoms with E-state index in [-0.39, 0.29) is 6.42 Å². The van der Waals surface area contributed by atoms with Crippen LogP contribution < -0.4 is 0 Å². The van der Waals surface area contributed by atoms with Gasteiger partial charge in [0.25, 0.3) is 0 Å². The normalized spacial score (nSPS) is 13.0. The van der Waals surface area contributed by atoms with Crippen LogP contribution in [-0.2, 0) is 9.90 Å². The minimum Gasteiger partial charge on any atom is -0.479 e. The van der Waals surface area contributed by atoms with Crippen molar-refractivity contribution in [3.05, 3.63) is 0 Å². The standard InChI is InChI=1S/C7H13O3/c1-2-3-4-5-6(8)7(9)10/h6H,2-5H2,1H3,(H,9,10). The Bertz CT molecular complexity index is 101. The Labute approximate surface area is 60.7 Å². The largest absolute Gasteiger partial charge is 0.479 e. The van der Waals surface area contributed by atoms with E-state index in [2.05, 4.69) is 0 Å². The summed E-state index contributed by atoms with van der Waals surface area (Å²) in [6, 6.07) is 0. The molecule has 0 aromatic rings. The number of carboxylic acids is 1. The van der Waals surface area contributed by atoms with Crippen molar-refractivity contribution in [3.63, 3.8) is 0 Å². The Morgan fingerprint density at radius 2 is 2.10 bits per heavy atom. The Balaban J connectivity index is 3.21. The minimum absolute atomic E-state index is 0.267. The second kappa shape index (κ2) is 5.23. The molecule has 1 unspecified atom stereocenters. The number of hydrogen-bond donors (Lipinski definition) is 1. The van der Waals surface area contributed by atoms with Crippen LogP contribution in [0.25, 0.3) is 0 Å². The van der Waals surface area contributed by atoms with Gasteiger partial charge in [-0.1, -0.05) is 26.2 Å². The fraction of sp³-hybridized carbons (Fsp3) is 0.857. The van der Waals surface area contributed by atoms with Gasteiger partial charge in [-0.25, -0.2) is 9.90 Å². The average molecular weight is 145 g/mol. The highest BCUT2D eigenvalue weighted by molar-refractivity contribution is 5.71. The number of hydrogen-bond acceptors (Lipinski definition) is 1. The summed E-state index contributed by atoms with van der Waals surface area (Å²) in [4.78, 5) is 9.98. The first-order valence-corrected chi connectivity index (χ1v) is 3.57. The Kier molecular flexibility index (Phi) is 4.94. The fourth-order valence-corrected chi connectivity index (χ4v) is 0.703. The molecule has 10 heavy (non-hydrogen) atoms. The van der Waals surface area contributed by atoms with Gasteiger partial charge in [0.15, 0.2) is 6.10 Å². The monoisotopic (exact) mass is 145 g/mol. The van der Waals surface area contributed by atoms with Crippen LogP contribution in [0.4, 0.5) is 0 Å². The van der Waals surface area contributed by atoms with Crippen molar-refractivity contribution >= 4 is 5.97 Å². The lowest BCUT2D eigenvalue weighted by molar-refractivity contribution is -0.150. The third-order valence-corrected chi connectivity index (χ3v) is 1.35. The van der Waals surface area contributed by atoms with Gasteiger partial charge in [-0.3, -0.25) is 0 Å². The molecule has 0 fully saturated rings. The number of unbranched alkanes of at least 4 members (excludes halogenated alkanes) is 2. The van der Waals surface area contributed by atoms with Crippen LogP contribution >= 0.6 is 0 Å². The second-order valence-corrected chi connectivity index (χ2v) is 2.32. The molecular weight excluding hydrogens is 132 g/mol. The van der Waals surface area contributed by atoms with Crippen molar-refractivity contribution < 1.29 is 15.0 Å². The van der Waals surface area contributed by atoms with Gasteiger partial charge in [-0.15, -0.1) is 0 Å². The summed E-state index contributed by atoms with van der Waals surface area (Å²) in [6.45, 7) is 2.01. The molecule has 0 saturated heterocycles. The first-order chi connectivity index (χ1) is 4.68. The van der Waals surface area contributed by atoms with Crippen LogP contribution in [0.2, 0.25) is 0 Å². The predicted molar refractivity (Wildman–Crippen MR) is 36.3 cm³/mol. The molecule has 0 aromatic carbocycles. The molecule has 0 aliphatic heterocycles. The summed E-state index contributed by atoms with van der Waals surface area (Å²) in [5.41, 5.74) is 0. The summed E-state index contributed by atoms with van der Waals surface area (Å²) < 4.78 is 0. The van der Waals surface area contributed by atoms with E-state index in [1.165, 1.54) is 0 Å². The van der Waals surface area contributed by atoms with Gasteiger partial charge in [-0.2, -0.15) is 0 Å². The highest BCUT2D eigenvalue weighted by atomic mass is 16.4. The molecule has 0 saturated carbocycles. The van der Waals surface area contributed by atoms with Crippen molar-refractivity contribution in [1.82, 2.24) is 0 Å². The molecule has 0 rings (SSSR count). The summed E-state index contributed by atoms with van der Waals surface area (Å²) in [5, 5.41) is 18.7.